The lowest BCUT2D eigenvalue weighted by atomic mass is 10.1. The van der Waals surface area contributed by atoms with Crippen molar-refractivity contribution < 1.29 is 0 Å². The molecule has 1 nitrogen and oxygen atoms in total. The van der Waals surface area contributed by atoms with Crippen molar-refractivity contribution in [3.63, 3.8) is 0 Å². The second kappa shape index (κ2) is 2.98. The van der Waals surface area contributed by atoms with E-state index in [2.05, 4.69) is 38.3 Å². The standard InChI is InChI=1S/C10H19N/c1-5-9-6-7-11(8-9)10(2,3)4/h5,9H,1,6-8H2,2-4H3/t9-/m0/s1. The Morgan fingerprint density at radius 3 is 2.36 bits per heavy atom. The molecule has 0 aliphatic carbocycles. The van der Waals surface area contributed by atoms with E-state index in [1.165, 1.54) is 19.5 Å². The van der Waals surface area contributed by atoms with Crippen LogP contribution in [0.15, 0.2) is 12.7 Å². The molecule has 0 aromatic carbocycles. The molecule has 11 heavy (non-hydrogen) atoms. The normalized spacial score (nSPS) is 27.4. The largest absolute Gasteiger partial charge is 0.298 e. The molecule has 0 aromatic heterocycles. The van der Waals surface area contributed by atoms with Crippen LogP contribution in [-0.4, -0.2) is 23.5 Å². The zero-order valence-corrected chi connectivity index (χ0v) is 7.93. The Hall–Kier alpha value is -0.300. The maximum Gasteiger partial charge on any atom is 0.0125 e. The molecule has 1 rings (SSSR count). The predicted molar refractivity (Wildman–Crippen MR) is 49.6 cm³/mol. The van der Waals surface area contributed by atoms with Crippen molar-refractivity contribution in [2.24, 2.45) is 5.92 Å². The Morgan fingerprint density at radius 1 is 1.45 bits per heavy atom. The summed E-state index contributed by atoms with van der Waals surface area (Å²) in [4.78, 5) is 2.53. The van der Waals surface area contributed by atoms with Crippen LogP contribution in [0.1, 0.15) is 27.2 Å². The van der Waals surface area contributed by atoms with Crippen LogP contribution in [0.5, 0.6) is 0 Å². The number of likely N-dealkylation sites (tertiary alicyclic amines) is 1. The molecule has 0 radical (unpaired) electrons. The summed E-state index contributed by atoms with van der Waals surface area (Å²) in [5.74, 6) is 0.731. The summed E-state index contributed by atoms with van der Waals surface area (Å²) in [6.07, 6.45) is 3.38. The fourth-order valence-electron chi connectivity index (χ4n) is 1.59. The number of nitrogens with zero attached hydrogens (tertiary/aromatic N) is 1. The Morgan fingerprint density at radius 2 is 2.09 bits per heavy atom. The van der Waals surface area contributed by atoms with Crippen LogP contribution in [0.25, 0.3) is 0 Å². The highest BCUT2D eigenvalue weighted by molar-refractivity contribution is 4.91. The molecule has 1 atom stereocenters. The minimum atomic E-state index is 0.345. The number of hydrogen-bond acceptors (Lipinski definition) is 1. The van der Waals surface area contributed by atoms with Gasteiger partial charge in [-0.1, -0.05) is 6.08 Å². The third-order valence-corrected chi connectivity index (χ3v) is 2.51. The molecule has 0 aromatic rings. The van der Waals surface area contributed by atoms with Gasteiger partial charge in [-0.05, 0) is 39.7 Å². The lowest BCUT2D eigenvalue weighted by Crippen LogP contribution is -2.39. The van der Waals surface area contributed by atoms with Crippen LogP contribution in [0.4, 0.5) is 0 Å². The van der Waals surface area contributed by atoms with Crippen molar-refractivity contribution in [2.75, 3.05) is 13.1 Å². The highest BCUT2D eigenvalue weighted by atomic mass is 15.2. The van der Waals surface area contributed by atoms with Crippen LogP contribution in [0.2, 0.25) is 0 Å². The van der Waals surface area contributed by atoms with Crippen LogP contribution in [0.3, 0.4) is 0 Å². The highest BCUT2D eigenvalue weighted by Crippen LogP contribution is 2.24. The van der Waals surface area contributed by atoms with E-state index in [0.717, 1.165) is 5.92 Å². The molecule has 64 valence electrons. The van der Waals surface area contributed by atoms with Gasteiger partial charge in [-0.15, -0.1) is 6.58 Å². The SMILES string of the molecule is C=C[C@H]1CCN(C(C)(C)C)C1. The Kier molecular flexibility index (Phi) is 2.38. The third kappa shape index (κ3) is 2.06. The quantitative estimate of drug-likeness (QED) is 0.522. The molecule has 1 aliphatic rings. The van der Waals surface area contributed by atoms with E-state index < -0.39 is 0 Å². The molecule has 0 amide bonds. The Balaban J connectivity index is 2.48. The van der Waals surface area contributed by atoms with Gasteiger partial charge in [0, 0.05) is 12.1 Å². The van der Waals surface area contributed by atoms with Gasteiger partial charge in [0.15, 0.2) is 0 Å². The monoisotopic (exact) mass is 153 g/mol. The summed E-state index contributed by atoms with van der Waals surface area (Å²) in [7, 11) is 0. The summed E-state index contributed by atoms with van der Waals surface area (Å²) >= 11 is 0. The molecular formula is C10H19N. The van der Waals surface area contributed by atoms with Gasteiger partial charge in [-0.2, -0.15) is 0 Å². The fraction of sp³-hybridized carbons (Fsp3) is 0.800. The van der Waals surface area contributed by atoms with E-state index in [9.17, 15) is 0 Å². The Labute approximate surface area is 70.1 Å². The van der Waals surface area contributed by atoms with Gasteiger partial charge in [-0.3, -0.25) is 4.90 Å². The van der Waals surface area contributed by atoms with Gasteiger partial charge in [-0.25, -0.2) is 0 Å². The van der Waals surface area contributed by atoms with Gasteiger partial charge in [0.05, 0.1) is 0 Å². The van der Waals surface area contributed by atoms with Crippen molar-refractivity contribution in [1.29, 1.82) is 0 Å². The molecule has 0 N–H and O–H groups in total. The summed E-state index contributed by atoms with van der Waals surface area (Å²) < 4.78 is 0. The molecule has 1 heteroatoms. The third-order valence-electron chi connectivity index (χ3n) is 2.51. The highest BCUT2D eigenvalue weighted by Gasteiger charge is 2.28. The second-order valence-electron chi connectivity index (χ2n) is 4.40. The minimum absolute atomic E-state index is 0.345. The van der Waals surface area contributed by atoms with Crippen molar-refractivity contribution in [3.05, 3.63) is 12.7 Å². The van der Waals surface area contributed by atoms with Gasteiger partial charge in [0.1, 0.15) is 0 Å². The lowest BCUT2D eigenvalue weighted by Gasteiger charge is -2.31. The van der Waals surface area contributed by atoms with E-state index in [-0.39, 0.29) is 0 Å². The van der Waals surface area contributed by atoms with Crippen LogP contribution in [0, 0.1) is 5.92 Å². The minimum Gasteiger partial charge on any atom is -0.298 e. The average Bonchev–Trinajstić information content (AvgIpc) is 2.32. The van der Waals surface area contributed by atoms with Crippen LogP contribution < -0.4 is 0 Å². The lowest BCUT2D eigenvalue weighted by molar-refractivity contribution is 0.171. The van der Waals surface area contributed by atoms with Gasteiger partial charge in [0.25, 0.3) is 0 Å². The van der Waals surface area contributed by atoms with Crippen molar-refractivity contribution in [1.82, 2.24) is 4.90 Å². The van der Waals surface area contributed by atoms with Crippen LogP contribution >= 0.6 is 0 Å². The molecular weight excluding hydrogens is 134 g/mol. The zero-order valence-electron chi connectivity index (χ0n) is 7.93. The smallest absolute Gasteiger partial charge is 0.0125 e. The molecule has 0 spiro atoms. The van der Waals surface area contributed by atoms with Gasteiger partial charge >= 0.3 is 0 Å². The maximum absolute atomic E-state index is 3.83. The first-order chi connectivity index (χ1) is 5.04. The topological polar surface area (TPSA) is 3.24 Å². The van der Waals surface area contributed by atoms with E-state index >= 15 is 0 Å². The molecule has 0 saturated carbocycles. The summed E-state index contributed by atoms with van der Waals surface area (Å²) in [6, 6.07) is 0. The molecule has 1 saturated heterocycles. The second-order valence-corrected chi connectivity index (χ2v) is 4.40. The molecule has 0 bridgehead atoms. The van der Waals surface area contributed by atoms with Crippen molar-refractivity contribution in [2.45, 2.75) is 32.7 Å². The fourth-order valence-corrected chi connectivity index (χ4v) is 1.59. The molecule has 0 unspecified atom stereocenters. The predicted octanol–water partition coefficient (Wildman–Crippen LogP) is 2.29. The summed E-state index contributed by atoms with van der Waals surface area (Å²) in [5, 5.41) is 0. The first kappa shape index (κ1) is 8.79. The van der Waals surface area contributed by atoms with E-state index in [1.807, 2.05) is 0 Å². The summed E-state index contributed by atoms with van der Waals surface area (Å²) in [5.41, 5.74) is 0.345. The molecule has 1 heterocycles. The number of hydrogen-bond donors (Lipinski definition) is 0. The first-order valence-electron chi connectivity index (χ1n) is 4.41. The molecule has 1 aliphatic heterocycles. The Bertz CT molecular complexity index is 143. The average molecular weight is 153 g/mol. The number of rotatable bonds is 1. The first-order valence-corrected chi connectivity index (χ1v) is 4.41. The van der Waals surface area contributed by atoms with E-state index in [4.69, 9.17) is 0 Å². The maximum atomic E-state index is 3.83. The van der Waals surface area contributed by atoms with Crippen molar-refractivity contribution >= 4 is 0 Å². The molecule has 1 fully saturated rings. The van der Waals surface area contributed by atoms with Crippen molar-refractivity contribution in [3.8, 4) is 0 Å². The van der Waals surface area contributed by atoms with Crippen LogP contribution in [-0.2, 0) is 0 Å². The van der Waals surface area contributed by atoms with Gasteiger partial charge in [0.2, 0.25) is 0 Å². The zero-order chi connectivity index (χ0) is 8.48. The summed E-state index contributed by atoms with van der Waals surface area (Å²) in [6.45, 7) is 13.1. The van der Waals surface area contributed by atoms with E-state index in [0.29, 0.717) is 5.54 Å². The van der Waals surface area contributed by atoms with Gasteiger partial charge < -0.3 is 0 Å². The van der Waals surface area contributed by atoms with E-state index in [1.54, 1.807) is 0 Å².